The van der Waals surface area contributed by atoms with Gasteiger partial charge in [-0.25, -0.2) is 4.79 Å². The predicted molar refractivity (Wildman–Crippen MR) is 85.6 cm³/mol. The van der Waals surface area contributed by atoms with E-state index in [2.05, 4.69) is 11.4 Å². The molecular weight excluding hydrogens is 266 g/mol. The first-order chi connectivity index (χ1) is 9.80. The quantitative estimate of drug-likeness (QED) is 0.836. The number of ether oxygens (including phenoxy) is 2. The second kappa shape index (κ2) is 7.72. The third kappa shape index (κ3) is 7.40. The molecule has 0 aliphatic carbocycles. The van der Waals surface area contributed by atoms with Gasteiger partial charge in [-0.05, 0) is 57.4 Å². The Labute approximate surface area is 127 Å². The van der Waals surface area contributed by atoms with E-state index >= 15 is 0 Å². The van der Waals surface area contributed by atoms with E-state index in [-0.39, 0.29) is 6.09 Å². The maximum Gasteiger partial charge on any atom is 0.407 e. The Hall–Kier alpha value is -1.97. The Balaban J connectivity index is 2.39. The number of amides is 1. The van der Waals surface area contributed by atoms with Gasteiger partial charge in [0.15, 0.2) is 0 Å². The van der Waals surface area contributed by atoms with E-state index in [0.29, 0.717) is 6.54 Å². The SMILES string of the molecule is COc1cc(C)cc(C=CCCNC(=O)OC(C)(C)C)c1. The van der Waals surface area contributed by atoms with Crippen molar-refractivity contribution >= 4 is 12.2 Å². The molecule has 1 aromatic rings. The standard InChI is InChI=1S/C17H25NO3/c1-13-10-14(12-15(11-13)20-5)8-6-7-9-18-16(19)21-17(2,3)4/h6,8,10-12H,7,9H2,1-5H3,(H,18,19). The molecule has 0 heterocycles. The van der Waals surface area contributed by atoms with Crippen LogP contribution in [0.3, 0.4) is 0 Å². The summed E-state index contributed by atoms with van der Waals surface area (Å²) in [6.45, 7) is 8.12. The van der Waals surface area contributed by atoms with Crippen molar-refractivity contribution in [3.8, 4) is 5.75 Å². The molecule has 1 amide bonds. The van der Waals surface area contributed by atoms with Gasteiger partial charge in [-0.3, -0.25) is 0 Å². The summed E-state index contributed by atoms with van der Waals surface area (Å²) in [5, 5.41) is 2.72. The van der Waals surface area contributed by atoms with Gasteiger partial charge in [-0.2, -0.15) is 0 Å². The zero-order valence-electron chi connectivity index (χ0n) is 13.5. The van der Waals surface area contributed by atoms with Crippen molar-refractivity contribution in [1.29, 1.82) is 0 Å². The number of methoxy groups -OCH3 is 1. The lowest BCUT2D eigenvalue weighted by Crippen LogP contribution is -2.32. The van der Waals surface area contributed by atoms with Crippen LogP contribution in [-0.4, -0.2) is 25.3 Å². The van der Waals surface area contributed by atoms with Crippen molar-refractivity contribution in [3.05, 3.63) is 35.4 Å². The van der Waals surface area contributed by atoms with Gasteiger partial charge in [0.2, 0.25) is 0 Å². The minimum Gasteiger partial charge on any atom is -0.497 e. The van der Waals surface area contributed by atoms with Crippen LogP contribution in [-0.2, 0) is 4.74 Å². The van der Waals surface area contributed by atoms with Gasteiger partial charge in [0.25, 0.3) is 0 Å². The van der Waals surface area contributed by atoms with E-state index in [4.69, 9.17) is 9.47 Å². The molecule has 0 aliphatic rings. The Morgan fingerprint density at radius 1 is 1.29 bits per heavy atom. The number of hydrogen-bond acceptors (Lipinski definition) is 3. The Morgan fingerprint density at radius 3 is 2.62 bits per heavy atom. The smallest absolute Gasteiger partial charge is 0.407 e. The third-order valence-corrected chi connectivity index (χ3v) is 2.60. The van der Waals surface area contributed by atoms with Crippen molar-refractivity contribution in [2.75, 3.05) is 13.7 Å². The average Bonchev–Trinajstić information content (AvgIpc) is 2.35. The first kappa shape index (κ1) is 17.1. The molecule has 0 bridgehead atoms. The topological polar surface area (TPSA) is 47.6 Å². The van der Waals surface area contributed by atoms with E-state index in [1.807, 2.05) is 52.0 Å². The molecule has 0 spiro atoms. The molecule has 0 unspecified atom stereocenters. The van der Waals surface area contributed by atoms with Crippen LogP contribution in [0.2, 0.25) is 0 Å². The number of benzene rings is 1. The van der Waals surface area contributed by atoms with Crippen molar-refractivity contribution in [2.45, 2.75) is 39.7 Å². The zero-order chi connectivity index (χ0) is 15.9. The highest BCUT2D eigenvalue weighted by molar-refractivity contribution is 5.67. The van der Waals surface area contributed by atoms with Gasteiger partial charge in [-0.15, -0.1) is 0 Å². The van der Waals surface area contributed by atoms with E-state index < -0.39 is 5.60 Å². The van der Waals surface area contributed by atoms with Gasteiger partial charge < -0.3 is 14.8 Å². The van der Waals surface area contributed by atoms with Crippen LogP contribution in [0.4, 0.5) is 4.79 Å². The Kier molecular flexibility index (Phi) is 6.28. The van der Waals surface area contributed by atoms with E-state index in [1.165, 1.54) is 0 Å². The average molecular weight is 291 g/mol. The van der Waals surface area contributed by atoms with Crippen molar-refractivity contribution < 1.29 is 14.3 Å². The molecule has 116 valence electrons. The largest absolute Gasteiger partial charge is 0.497 e. The minimum absolute atomic E-state index is 0.381. The fourth-order valence-electron chi connectivity index (χ4n) is 1.78. The first-order valence-electron chi connectivity index (χ1n) is 7.09. The molecule has 21 heavy (non-hydrogen) atoms. The molecule has 0 fully saturated rings. The normalized spacial score (nSPS) is 11.5. The minimum atomic E-state index is -0.460. The molecule has 0 saturated heterocycles. The van der Waals surface area contributed by atoms with E-state index in [1.54, 1.807) is 7.11 Å². The maximum atomic E-state index is 11.4. The highest BCUT2D eigenvalue weighted by atomic mass is 16.6. The summed E-state index contributed by atoms with van der Waals surface area (Å²) in [5.74, 6) is 0.849. The Morgan fingerprint density at radius 2 is 2.00 bits per heavy atom. The van der Waals surface area contributed by atoms with Crippen LogP contribution >= 0.6 is 0 Å². The molecule has 4 nitrogen and oxygen atoms in total. The van der Waals surface area contributed by atoms with Crippen LogP contribution in [0.15, 0.2) is 24.3 Å². The first-order valence-corrected chi connectivity index (χ1v) is 7.09. The fourth-order valence-corrected chi connectivity index (χ4v) is 1.78. The summed E-state index contributed by atoms with van der Waals surface area (Å²) in [4.78, 5) is 11.4. The molecule has 0 saturated carbocycles. The molecule has 0 atom stereocenters. The summed E-state index contributed by atoms with van der Waals surface area (Å²) >= 11 is 0. The number of carbonyl (C=O) groups is 1. The fraction of sp³-hybridized carbons (Fsp3) is 0.471. The van der Waals surface area contributed by atoms with Gasteiger partial charge in [0.05, 0.1) is 7.11 Å². The number of nitrogens with one attached hydrogen (secondary N) is 1. The molecule has 4 heteroatoms. The van der Waals surface area contributed by atoms with E-state index in [0.717, 1.165) is 23.3 Å². The highest BCUT2D eigenvalue weighted by Gasteiger charge is 2.15. The lowest BCUT2D eigenvalue weighted by Gasteiger charge is -2.19. The van der Waals surface area contributed by atoms with Crippen molar-refractivity contribution in [1.82, 2.24) is 5.32 Å². The number of rotatable bonds is 5. The number of carbonyl (C=O) groups excluding carboxylic acids is 1. The van der Waals surface area contributed by atoms with Gasteiger partial charge >= 0.3 is 6.09 Å². The van der Waals surface area contributed by atoms with Gasteiger partial charge in [0, 0.05) is 6.54 Å². The molecule has 0 radical (unpaired) electrons. The monoisotopic (exact) mass is 291 g/mol. The van der Waals surface area contributed by atoms with Crippen LogP contribution < -0.4 is 10.1 Å². The lowest BCUT2D eigenvalue weighted by atomic mass is 10.1. The highest BCUT2D eigenvalue weighted by Crippen LogP contribution is 2.17. The zero-order valence-corrected chi connectivity index (χ0v) is 13.5. The second-order valence-electron chi connectivity index (χ2n) is 5.90. The maximum absolute atomic E-state index is 11.4. The van der Waals surface area contributed by atoms with Crippen LogP contribution in [0.5, 0.6) is 5.75 Å². The van der Waals surface area contributed by atoms with Crippen LogP contribution in [0.25, 0.3) is 6.08 Å². The number of alkyl carbamates (subject to hydrolysis) is 1. The number of aryl methyl sites for hydroxylation is 1. The molecular formula is C17H25NO3. The molecule has 0 aromatic heterocycles. The predicted octanol–water partition coefficient (Wildman–Crippen LogP) is 3.93. The van der Waals surface area contributed by atoms with Crippen LogP contribution in [0.1, 0.15) is 38.3 Å². The summed E-state index contributed by atoms with van der Waals surface area (Å²) in [6.07, 6.45) is 4.40. The summed E-state index contributed by atoms with van der Waals surface area (Å²) < 4.78 is 10.4. The van der Waals surface area contributed by atoms with Crippen molar-refractivity contribution in [3.63, 3.8) is 0 Å². The van der Waals surface area contributed by atoms with Gasteiger partial charge in [0.1, 0.15) is 11.4 Å². The number of hydrogen-bond donors (Lipinski definition) is 1. The van der Waals surface area contributed by atoms with Crippen molar-refractivity contribution in [2.24, 2.45) is 0 Å². The van der Waals surface area contributed by atoms with Gasteiger partial charge in [-0.1, -0.05) is 18.2 Å². The summed E-state index contributed by atoms with van der Waals surface area (Å²) in [7, 11) is 1.66. The second-order valence-corrected chi connectivity index (χ2v) is 5.90. The van der Waals surface area contributed by atoms with E-state index in [9.17, 15) is 4.79 Å². The van der Waals surface area contributed by atoms with Crippen LogP contribution in [0, 0.1) is 6.92 Å². The Bertz CT molecular complexity index is 501. The summed E-state index contributed by atoms with van der Waals surface area (Å²) in [5.41, 5.74) is 1.78. The molecule has 1 N–H and O–H groups in total. The lowest BCUT2D eigenvalue weighted by molar-refractivity contribution is 0.0529. The molecule has 1 rings (SSSR count). The molecule has 1 aromatic carbocycles. The third-order valence-electron chi connectivity index (χ3n) is 2.60. The molecule has 0 aliphatic heterocycles. The summed E-state index contributed by atoms with van der Waals surface area (Å²) in [6, 6.07) is 6.05.